The molecule has 1 aromatic heterocycles. The molecule has 0 amide bonds. The van der Waals surface area contributed by atoms with Crippen molar-refractivity contribution in [1.82, 2.24) is 9.21 Å². The zero-order valence-corrected chi connectivity index (χ0v) is 13.9. The Hall–Kier alpha value is -0.890. The predicted molar refractivity (Wildman–Crippen MR) is 79.5 cm³/mol. The van der Waals surface area contributed by atoms with Gasteiger partial charge in [-0.3, -0.25) is 0 Å². The van der Waals surface area contributed by atoms with Crippen LogP contribution < -0.4 is 0 Å². The fraction of sp³-hybridized carbons (Fsp3) is 0.714. The second kappa shape index (κ2) is 5.72. The summed E-state index contributed by atoms with van der Waals surface area (Å²) in [6.45, 7) is 1.76. The Morgan fingerprint density at radius 3 is 2.33 bits per heavy atom. The van der Waals surface area contributed by atoms with Crippen molar-refractivity contribution in [1.29, 1.82) is 0 Å². The number of furan rings is 1. The molecular formula is C14H24N2O4S. The third kappa shape index (κ3) is 2.88. The van der Waals surface area contributed by atoms with E-state index in [1.165, 1.54) is 10.4 Å². The van der Waals surface area contributed by atoms with Crippen molar-refractivity contribution < 1.29 is 17.9 Å². The highest BCUT2D eigenvalue weighted by Crippen LogP contribution is 2.37. The lowest BCUT2D eigenvalue weighted by Crippen LogP contribution is -2.57. The van der Waals surface area contributed by atoms with Crippen LogP contribution in [0.3, 0.4) is 0 Å². The Labute approximate surface area is 126 Å². The highest BCUT2D eigenvalue weighted by atomic mass is 32.2. The molecule has 0 aromatic carbocycles. The van der Waals surface area contributed by atoms with Crippen LogP contribution in [0.2, 0.25) is 0 Å². The first-order valence-electron chi connectivity index (χ1n) is 7.07. The van der Waals surface area contributed by atoms with E-state index in [0.717, 1.165) is 19.3 Å². The van der Waals surface area contributed by atoms with Gasteiger partial charge in [0.25, 0.3) is 0 Å². The lowest BCUT2D eigenvalue weighted by Gasteiger charge is -2.48. The van der Waals surface area contributed by atoms with Crippen LogP contribution in [0.25, 0.3) is 0 Å². The molecule has 0 unspecified atom stereocenters. The molecule has 1 aliphatic carbocycles. The molecule has 0 bridgehead atoms. The molecule has 0 radical (unpaired) electrons. The molecule has 0 spiro atoms. The second-order valence-electron chi connectivity index (χ2n) is 6.02. The molecule has 1 N–H and O–H groups in total. The van der Waals surface area contributed by atoms with Crippen LogP contribution in [-0.4, -0.2) is 56.0 Å². The third-order valence-electron chi connectivity index (χ3n) is 4.52. The minimum Gasteiger partial charge on any atom is -0.462 e. The molecule has 6 nitrogen and oxygen atoms in total. The fourth-order valence-corrected chi connectivity index (χ4v) is 4.29. The van der Waals surface area contributed by atoms with Gasteiger partial charge in [0.2, 0.25) is 10.0 Å². The molecule has 1 saturated carbocycles. The SMILES string of the molecule is Cc1oc(CO)cc1S(=O)(=O)N(C)CC1(N(C)C)CCC1. The van der Waals surface area contributed by atoms with Gasteiger partial charge in [0, 0.05) is 25.2 Å². The largest absolute Gasteiger partial charge is 0.462 e. The van der Waals surface area contributed by atoms with Crippen molar-refractivity contribution in [2.24, 2.45) is 0 Å². The molecule has 0 atom stereocenters. The number of sulfonamides is 1. The van der Waals surface area contributed by atoms with E-state index in [0.29, 0.717) is 12.3 Å². The first kappa shape index (κ1) is 16.5. The summed E-state index contributed by atoms with van der Waals surface area (Å²) < 4.78 is 32.0. The fourth-order valence-electron chi connectivity index (χ4n) is 2.86. The summed E-state index contributed by atoms with van der Waals surface area (Å²) in [5.74, 6) is 0.587. The highest BCUT2D eigenvalue weighted by Gasteiger charge is 2.42. The van der Waals surface area contributed by atoms with E-state index in [-0.39, 0.29) is 22.8 Å². The Morgan fingerprint density at radius 1 is 1.33 bits per heavy atom. The zero-order chi connectivity index (χ0) is 15.8. The van der Waals surface area contributed by atoms with Gasteiger partial charge < -0.3 is 14.4 Å². The van der Waals surface area contributed by atoms with Crippen molar-refractivity contribution in [3.05, 3.63) is 17.6 Å². The summed E-state index contributed by atoms with van der Waals surface area (Å²) in [6, 6.07) is 1.41. The molecule has 1 fully saturated rings. The molecular weight excluding hydrogens is 292 g/mol. The number of aliphatic hydroxyl groups excluding tert-OH is 1. The summed E-state index contributed by atoms with van der Waals surface area (Å²) in [5.41, 5.74) is -0.0702. The van der Waals surface area contributed by atoms with Gasteiger partial charge in [0.1, 0.15) is 23.0 Å². The molecule has 1 aromatic rings. The lowest BCUT2D eigenvalue weighted by atomic mass is 9.75. The van der Waals surface area contributed by atoms with Gasteiger partial charge >= 0.3 is 0 Å². The molecule has 7 heteroatoms. The molecule has 0 saturated heterocycles. The van der Waals surface area contributed by atoms with E-state index in [9.17, 15) is 8.42 Å². The van der Waals surface area contributed by atoms with E-state index in [4.69, 9.17) is 9.52 Å². The molecule has 2 rings (SSSR count). The number of nitrogens with zero attached hydrogens (tertiary/aromatic N) is 2. The van der Waals surface area contributed by atoms with Gasteiger partial charge in [-0.25, -0.2) is 8.42 Å². The Balaban J connectivity index is 2.24. The zero-order valence-electron chi connectivity index (χ0n) is 13.1. The number of hydrogen-bond acceptors (Lipinski definition) is 5. The van der Waals surface area contributed by atoms with Crippen LogP contribution in [-0.2, 0) is 16.6 Å². The highest BCUT2D eigenvalue weighted by molar-refractivity contribution is 7.89. The molecule has 0 aliphatic heterocycles. The first-order chi connectivity index (χ1) is 9.73. The summed E-state index contributed by atoms with van der Waals surface area (Å²) in [5, 5.41) is 9.08. The minimum atomic E-state index is -3.60. The van der Waals surface area contributed by atoms with Crippen LogP contribution in [0, 0.1) is 6.92 Å². The Bertz CT molecular complexity index is 602. The van der Waals surface area contributed by atoms with Crippen molar-refractivity contribution >= 4 is 10.0 Å². The van der Waals surface area contributed by atoms with Gasteiger partial charge in [-0.05, 0) is 40.3 Å². The van der Waals surface area contributed by atoms with Gasteiger partial charge in [-0.2, -0.15) is 4.31 Å². The average molecular weight is 316 g/mol. The van der Waals surface area contributed by atoms with E-state index in [1.54, 1.807) is 14.0 Å². The van der Waals surface area contributed by atoms with Gasteiger partial charge in [-0.1, -0.05) is 0 Å². The number of likely N-dealkylation sites (N-methyl/N-ethyl adjacent to an activating group) is 2. The summed E-state index contributed by atoms with van der Waals surface area (Å²) in [7, 11) is 1.99. The maximum absolute atomic E-state index is 12.7. The summed E-state index contributed by atoms with van der Waals surface area (Å²) in [6.07, 6.45) is 3.14. The quantitative estimate of drug-likeness (QED) is 0.853. The number of aryl methyl sites for hydroxylation is 1. The second-order valence-corrected chi connectivity index (χ2v) is 8.04. The van der Waals surface area contributed by atoms with Crippen molar-refractivity contribution in [2.45, 2.75) is 43.2 Å². The van der Waals surface area contributed by atoms with E-state index in [2.05, 4.69) is 4.90 Å². The molecule has 1 heterocycles. The smallest absolute Gasteiger partial charge is 0.246 e. The Morgan fingerprint density at radius 2 is 1.95 bits per heavy atom. The van der Waals surface area contributed by atoms with E-state index in [1.807, 2.05) is 14.1 Å². The number of aliphatic hydroxyl groups is 1. The van der Waals surface area contributed by atoms with Crippen molar-refractivity contribution in [2.75, 3.05) is 27.7 Å². The van der Waals surface area contributed by atoms with Gasteiger partial charge in [0.15, 0.2) is 0 Å². The van der Waals surface area contributed by atoms with Crippen LogP contribution in [0.1, 0.15) is 30.8 Å². The van der Waals surface area contributed by atoms with E-state index < -0.39 is 10.0 Å². The normalized spacial score (nSPS) is 18.2. The standard InChI is InChI=1S/C14H24N2O4S/c1-11-13(8-12(9-17)20-11)21(18,19)16(4)10-14(15(2)3)6-5-7-14/h8,17H,5-7,9-10H2,1-4H3. The van der Waals surface area contributed by atoms with Crippen LogP contribution in [0.5, 0.6) is 0 Å². The predicted octanol–water partition coefficient (Wildman–Crippen LogP) is 1.19. The summed E-state index contributed by atoms with van der Waals surface area (Å²) >= 11 is 0. The van der Waals surface area contributed by atoms with Crippen molar-refractivity contribution in [3.8, 4) is 0 Å². The average Bonchev–Trinajstić information content (AvgIpc) is 2.74. The molecule has 1 aliphatic rings. The summed E-state index contributed by atoms with van der Waals surface area (Å²) in [4.78, 5) is 2.26. The molecule has 120 valence electrons. The van der Waals surface area contributed by atoms with Crippen LogP contribution in [0.15, 0.2) is 15.4 Å². The number of rotatable bonds is 6. The monoisotopic (exact) mass is 316 g/mol. The number of hydrogen-bond donors (Lipinski definition) is 1. The van der Waals surface area contributed by atoms with Crippen LogP contribution >= 0.6 is 0 Å². The van der Waals surface area contributed by atoms with Crippen molar-refractivity contribution in [3.63, 3.8) is 0 Å². The maximum Gasteiger partial charge on any atom is 0.246 e. The van der Waals surface area contributed by atoms with Crippen LogP contribution in [0.4, 0.5) is 0 Å². The van der Waals surface area contributed by atoms with Gasteiger partial charge in [0.05, 0.1) is 0 Å². The van der Waals surface area contributed by atoms with Gasteiger partial charge in [-0.15, -0.1) is 0 Å². The third-order valence-corrected chi connectivity index (χ3v) is 6.43. The minimum absolute atomic E-state index is 0.0702. The molecule has 21 heavy (non-hydrogen) atoms. The maximum atomic E-state index is 12.7. The first-order valence-corrected chi connectivity index (χ1v) is 8.51. The van der Waals surface area contributed by atoms with E-state index >= 15 is 0 Å². The lowest BCUT2D eigenvalue weighted by molar-refractivity contribution is 0.0455. The topological polar surface area (TPSA) is 74.0 Å². The Kier molecular flexibility index (Phi) is 4.49.